The maximum atomic E-state index is 9.25. The van der Waals surface area contributed by atoms with Crippen molar-refractivity contribution >= 4 is 0 Å². The van der Waals surface area contributed by atoms with E-state index in [2.05, 4.69) is 37.3 Å². The van der Waals surface area contributed by atoms with Gasteiger partial charge in [0.25, 0.3) is 0 Å². The van der Waals surface area contributed by atoms with Gasteiger partial charge < -0.3 is 0 Å². The first-order valence-electron chi connectivity index (χ1n) is 7.63. The molecule has 0 bridgehead atoms. The lowest BCUT2D eigenvalue weighted by Gasteiger charge is -2.40. The summed E-state index contributed by atoms with van der Waals surface area (Å²) in [6.45, 7) is 6.74. The summed E-state index contributed by atoms with van der Waals surface area (Å²) in [4.78, 5) is 0. The number of nitrogens with zero attached hydrogens (tertiary/aromatic N) is 2. The molecule has 0 amide bonds. The van der Waals surface area contributed by atoms with E-state index in [0.717, 1.165) is 12.8 Å². The average Bonchev–Trinajstić information content (AvgIpc) is 2.36. The molecule has 1 N–H and O–H groups in total. The minimum absolute atomic E-state index is 0.00939. The third kappa shape index (κ3) is 4.96. The molecule has 0 spiro atoms. The van der Waals surface area contributed by atoms with Crippen LogP contribution in [0.4, 0.5) is 0 Å². The van der Waals surface area contributed by atoms with E-state index in [0.29, 0.717) is 12.1 Å². The molecule has 1 fully saturated rings. The number of nitriles is 1. The second kappa shape index (κ2) is 8.50. The molecule has 104 valence electrons. The maximum absolute atomic E-state index is 9.25. The molecule has 0 saturated carbocycles. The fourth-order valence-electron chi connectivity index (χ4n) is 2.79. The summed E-state index contributed by atoms with van der Waals surface area (Å²) >= 11 is 0. The van der Waals surface area contributed by atoms with E-state index in [1.54, 1.807) is 0 Å². The van der Waals surface area contributed by atoms with E-state index in [9.17, 15) is 5.26 Å². The fourth-order valence-corrected chi connectivity index (χ4v) is 2.79. The summed E-state index contributed by atoms with van der Waals surface area (Å²) in [5.74, 6) is 0. The Balaban J connectivity index is 2.34. The van der Waals surface area contributed by atoms with E-state index in [1.807, 2.05) is 0 Å². The summed E-state index contributed by atoms with van der Waals surface area (Å²) in [6.07, 6.45) is 9.73. The van der Waals surface area contributed by atoms with Gasteiger partial charge in [-0.1, -0.05) is 39.0 Å². The Hall–Kier alpha value is -0.590. The van der Waals surface area contributed by atoms with Gasteiger partial charge in [0.15, 0.2) is 0 Å². The largest absolute Gasteiger partial charge is 0.238 e. The molecule has 1 aliphatic rings. The standard InChI is InChI=1S/C15H29N3/c1-4-5-6-7-11-15(12-16)17-18-13(2)9-8-10-14(18)3/h13-15,17H,4-11H2,1-3H3. The summed E-state index contributed by atoms with van der Waals surface area (Å²) in [6, 6.07) is 3.52. The van der Waals surface area contributed by atoms with Crippen LogP contribution in [0.5, 0.6) is 0 Å². The molecule has 1 rings (SSSR count). The molecule has 3 atom stereocenters. The van der Waals surface area contributed by atoms with Gasteiger partial charge in [0, 0.05) is 12.1 Å². The first-order valence-corrected chi connectivity index (χ1v) is 7.63. The molecule has 18 heavy (non-hydrogen) atoms. The van der Waals surface area contributed by atoms with Crippen molar-refractivity contribution in [3.63, 3.8) is 0 Å². The minimum atomic E-state index is -0.00939. The van der Waals surface area contributed by atoms with E-state index in [-0.39, 0.29) is 6.04 Å². The minimum Gasteiger partial charge on any atom is -0.238 e. The number of unbranched alkanes of at least 4 members (excludes halogenated alkanes) is 3. The predicted octanol–water partition coefficient (Wildman–Crippen LogP) is 3.62. The zero-order chi connectivity index (χ0) is 13.4. The lowest BCUT2D eigenvalue weighted by Crippen LogP contribution is -2.55. The van der Waals surface area contributed by atoms with Crippen LogP contribution in [0.25, 0.3) is 0 Å². The Bertz CT molecular complexity index is 249. The first-order chi connectivity index (χ1) is 8.69. The molecule has 1 saturated heterocycles. The third-order valence-corrected chi connectivity index (χ3v) is 4.00. The van der Waals surface area contributed by atoms with Gasteiger partial charge in [-0.05, 0) is 33.1 Å². The van der Waals surface area contributed by atoms with Crippen LogP contribution < -0.4 is 5.43 Å². The number of piperidine rings is 1. The van der Waals surface area contributed by atoms with Crippen LogP contribution in [0.2, 0.25) is 0 Å². The van der Waals surface area contributed by atoms with E-state index < -0.39 is 0 Å². The van der Waals surface area contributed by atoms with Crippen LogP contribution in [0.1, 0.15) is 72.1 Å². The monoisotopic (exact) mass is 251 g/mol. The molecule has 3 unspecified atom stereocenters. The highest BCUT2D eigenvalue weighted by Crippen LogP contribution is 2.21. The number of hydrogen-bond acceptors (Lipinski definition) is 3. The Morgan fingerprint density at radius 2 is 1.89 bits per heavy atom. The summed E-state index contributed by atoms with van der Waals surface area (Å²) in [7, 11) is 0. The molecular weight excluding hydrogens is 222 g/mol. The van der Waals surface area contributed by atoms with Gasteiger partial charge in [-0.25, -0.2) is 10.4 Å². The van der Waals surface area contributed by atoms with Crippen molar-refractivity contribution < 1.29 is 0 Å². The van der Waals surface area contributed by atoms with Gasteiger partial charge >= 0.3 is 0 Å². The Morgan fingerprint density at radius 1 is 1.22 bits per heavy atom. The zero-order valence-corrected chi connectivity index (χ0v) is 12.3. The van der Waals surface area contributed by atoms with Crippen LogP contribution in [0, 0.1) is 11.3 Å². The van der Waals surface area contributed by atoms with Gasteiger partial charge in [-0.15, -0.1) is 0 Å². The molecule has 0 aromatic heterocycles. The van der Waals surface area contributed by atoms with Crippen molar-refractivity contribution in [2.75, 3.05) is 0 Å². The van der Waals surface area contributed by atoms with Crippen LogP contribution >= 0.6 is 0 Å². The Kier molecular flexibility index (Phi) is 7.31. The highest BCUT2D eigenvalue weighted by Gasteiger charge is 2.26. The quantitative estimate of drug-likeness (QED) is 0.702. The van der Waals surface area contributed by atoms with Crippen LogP contribution in [0.15, 0.2) is 0 Å². The summed E-state index contributed by atoms with van der Waals surface area (Å²) in [5.41, 5.74) is 3.45. The number of hydrogen-bond donors (Lipinski definition) is 1. The van der Waals surface area contributed by atoms with Crippen molar-refractivity contribution in [2.45, 2.75) is 90.3 Å². The van der Waals surface area contributed by atoms with Gasteiger partial charge in [-0.2, -0.15) is 5.26 Å². The fraction of sp³-hybridized carbons (Fsp3) is 0.933. The van der Waals surface area contributed by atoms with Gasteiger partial charge in [0.2, 0.25) is 0 Å². The van der Waals surface area contributed by atoms with E-state index in [4.69, 9.17) is 0 Å². The van der Waals surface area contributed by atoms with Crippen molar-refractivity contribution in [1.82, 2.24) is 10.4 Å². The number of hydrazine groups is 1. The van der Waals surface area contributed by atoms with Crippen molar-refractivity contribution in [1.29, 1.82) is 5.26 Å². The smallest absolute Gasteiger partial charge is 0.108 e. The molecule has 1 aliphatic heterocycles. The topological polar surface area (TPSA) is 39.1 Å². The Labute approximate surface area is 113 Å². The van der Waals surface area contributed by atoms with E-state index in [1.165, 1.54) is 38.5 Å². The highest BCUT2D eigenvalue weighted by atomic mass is 15.5. The first kappa shape index (κ1) is 15.5. The van der Waals surface area contributed by atoms with Crippen molar-refractivity contribution in [3.05, 3.63) is 0 Å². The normalized spacial score (nSPS) is 26.8. The molecule has 0 aromatic rings. The average molecular weight is 251 g/mol. The predicted molar refractivity (Wildman–Crippen MR) is 75.9 cm³/mol. The second-order valence-corrected chi connectivity index (χ2v) is 5.70. The number of rotatable bonds is 7. The summed E-state index contributed by atoms with van der Waals surface area (Å²) in [5, 5.41) is 11.6. The molecule has 3 heteroatoms. The van der Waals surface area contributed by atoms with Gasteiger partial charge in [0.1, 0.15) is 6.04 Å². The van der Waals surface area contributed by atoms with Gasteiger partial charge in [0.05, 0.1) is 6.07 Å². The van der Waals surface area contributed by atoms with Crippen LogP contribution in [0.3, 0.4) is 0 Å². The lowest BCUT2D eigenvalue weighted by molar-refractivity contribution is 0.0361. The molecular formula is C15H29N3. The highest BCUT2D eigenvalue weighted by molar-refractivity contribution is 4.90. The molecule has 0 radical (unpaired) electrons. The lowest BCUT2D eigenvalue weighted by atomic mass is 9.99. The van der Waals surface area contributed by atoms with Gasteiger partial charge in [-0.3, -0.25) is 0 Å². The molecule has 1 heterocycles. The van der Waals surface area contributed by atoms with Crippen LogP contribution in [-0.2, 0) is 0 Å². The second-order valence-electron chi connectivity index (χ2n) is 5.70. The van der Waals surface area contributed by atoms with Crippen molar-refractivity contribution in [2.24, 2.45) is 0 Å². The van der Waals surface area contributed by atoms with Crippen LogP contribution in [-0.4, -0.2) is 23.1 Å². The third-order valence-electron chi connectivity index (χ3n) is 4.00. The molecule has 3 nitrogen and oxygen atoms in total. The molecule has 0 aromatic carbocycles. The SMILES string of the molecule is CCCCCCC(C#N)NN1C(C)CCCC1C. The Morgan fingerprint density at radius 3 is 2.44 bits per heavy atom. The van der Waals surface area contributed by atoms with Crippen molar-refractivity contribution in [3.8, 4) is 6.07 Å². The van der Waals surface area contributed by atoms with E-state index >= 15 is 0 Å². The molecule has 0 aliphatic carbocycles. The maximum Gasteiger partial charge on any atom is 0.108 e. The number of nitrogens with one attached hydrogen (secondary N) is 1. The zero-order valence-electron chi connectivity index (χ0n) is 12.3. The summed E-state index contributed by atoms with van der Waals surface area (Å²) < 4.78 is 0.